The molecule has 0 aliphatic rings. The molecule has 0 spiro atoms. The van der Waals surface area contributed by atoms with Gasteiger partial charge in [-0.3, -0.25) is 0 Å². The van der Waals surface area contributed by atoms with Crippen molar-refractivity contribution in [3.05, 3.63) is 58.9 Å². The first-order valence-electron chi connectivity index (χ1n) is 6.18. The molecule has 0 radical (unpaired) electrons. The Labute approximate surface area is 127 Å². The van der Waals surface area contributed by atoms with E-state index in [4.69, 9.17) is 17.3 Å². The molecule has 0 fully saturated rings. The van der Waals surface area contributed by atoms with Gasteiger partial charge in [0, 0.05) is 11.6 Å². The van der Waals surface area contributed by atoms with Crippen LogP contribution in [0.3, 0.4) is 0 Å². The summed E-state index contributed by atoms with van der Waals surface area (Å²) in [5, 5.41) is 0.588. The van der Waals surface area contributed by atoms with E-state index < -0.39 is 15.8 Å². The highest BCUT2D eigenvalue weighted by molar-refractivity contribution is 7.89. The summed E-state index contributed by atoms with van der Waals surface area (Å²) in [6.45, 7) is 0.165. The molecule has 21 heavy (non-hydrogen) atoms. The summed E-state index contributed by atoms with van der Waals surface area (Å²) >= 11 is 5.85. The first kappa shape index (κ1) is 15.8. The molecule has 0 aliphatic carbocycles. The molecule has 0 amide bonds. The van der Waals surface area contributed by atoms with Crippen LogP contribution in [-0.2, 0) is 16.4 Å². The molecule has 0 bridgehead atoms. The average molecular weight is 329 g/mol. The Morgan fingerprint density at radius 1 is 1.19 bits per heavy atom. The molecule has 0 unspecified atom stereocenters. The molecular formula is C14H14ClFN2O2S. The molecule has 0 heterocycles. The number of hydrogen-bond donors (Lipinski definition) is 2. The first-order valence-corrected chi connectivity index (χ1v) is 8.04. The highest BCUT2D eigenvalue weighted by Crippen LogP contribution is 2.20. The maximum absolute atomic E-state index is 13.3. The predicted molar refractivity (Wildman–Crippen MR) is 81.2 cm³/mol. The van der Waals surface area contributed by atoms with Crippen LogP contribution in [0.15, 0.2) is 47.4 Å². The zero-order valence-electron chi connectivity index (χ0n) is 11.0. The minimum absolute atomic E-state index is 0.165. The van der Waals surface area contributed by atoms with Gasteiger partial charge in [-0.1, -0.05) is 29.8 Å². The predicted octanol–water partition coefficient (Wildman–Crippen LogP) is 2.58. The summed E-state index contributed by atoms with van der Waals surface area (Å²) in [5.41, 5.74) is 5.98. The van der Waals surface area contributed by atoms with E-state index in [0.717, 1.165) is 11.6 Å². The molecule has 3 N–H and O–H groups in total. The van der Waals surface area contributed by atoms with Gasteiger partial charge in [0.05, 0.1) is 5.69 Å². The molecule has 0 aromatic heterocycles. The van der Waals surface area contributed by atoms with Gasteiger partial charge in [-0.2, -0.15) is 0 Å². The fourth-order valence-electron chi connectivity index (χ4n) is 1.85. The Kier molecular flexibility index (Phi) is 4.82. The largest absolute Gasteiger partial charge is 0.395 e. The fraction of sp³-hybridized carbons (Fsp3) is 0.143. The van der Waals surface area contributed by atoms with Crippen LogP contribution in [0.2, 0.25) is 5.02 Å². The number of para-hydroxylation sites is 1. The maximum atomic E-state index is 13.3. The van der Waals surface area contributed by atoms with Crippen LogP contribution in [0.4, 0.5) is 10.1 Å². The van der Waals surface area contributed by atoms with Crippen LogP contribution in [-0.4, -0.2) is 15.0 Å². The Morgan fingerprint density at radius 2 is 1.90 bits per heavy atom. The van der Waals surface area contributed by atoms with E-state index >= 15 is 0 Å². The van der Waals surface area contributed by atoms with E-state index in [1.54, 1.807) is 18.2 Å². The van der Waals surface area contributed by atoms with Crippen LogP contribution in [0, 0.1) is 5.82 Å². The smallest absolute Gasteiger partial charge is 0.242 e. The van der Waals surface area contributed by atoms with Crippen LogP contribution < -0.4 is 10.5 Å². The molecule has 4 nitrogen and oxygen atoms in total. The van der Waals surface area contributed by atoms with Gasteiger partial charge >= 0.3 is 0 Å². The topological polar surface area (TPSA) is 72.2 Å². The van der Waals surface area contributed by atoms with E-state index in [-0.39, 0.29) is 17.1 Å². The summed E-state index contributed by atoms with van der Waals surface area (Å²) in [6.07, 6.45) is 0.467. The quantitative estimate of drug-likeness (QED) is 0.829. The maximum Gasteiger partial charge on any atom is 0.242 e. The second-order valence-electron chi connectivity index (χ2n) is 4.43. The van der Waals surface area contributed by atoms with Gasteiger partial charge in [0.25, 0.3) is 0 Å². The minimum atomic E-state index is -3.84. The van der Waals surface area contributed by atoms with Crippen LogP contribution in [0.5, 0.6) is 0 Å². The zero-order valence-corrected chi connectivity index (χ0v) is 12.6. The van der Waals surface area contributed by atoms with Gasteiger partial charge in [0.2, 0.25) is 10.0 Å². The average Bonchev–Trinajstić information content (AvgIpc) is 2.41. The first-order chi connectivity index (χ1) is 9.90. The molecular weight excluding hydrogens is 315 g/mol. The van der Waals surface area contributed by atoms with Crippen molar-refractivity contribution in [1.29, 1.82) is 0 Å². The molecule has 7 heteroatoms. The van der Waals surface area contributed by atoms with E-state index in [1.165, 1.54) is 12.1 Å². The second-order valence-corrected chi connectivity index (χ2v) is 6.60. The molecule has 0 saturated carbocycles. The lowest BCUT2D eigenvalue weighted by Crippen LogP contribution is -2.27. The molecule has 0 atom stereocenters. The standard InChI is InChI=1S/C14H14ClFN2O2S/c15-11-4-1-3-10(9-11)7-8-18-21(19,20)13-6-2-5-12(16)14(13)17/h1-6,9,18H,7-8,17H2. The Bertz CT molecular complexity index is 750. The second kappa shape index (κ2) is 6.43. The number of sulfonamides is 1. The number of rotatable bonds is 5. The summed E-state index contributed by atoms with van der Waals surface area (Å²) < 4.78 is 39.9. The third kappa shape index (κ3) is 3.93. The van der Waals surface area contributed by atoms with E-state index in [2.05, 4.69) is 4.72 Å². The van der Waals surface area contributed by atoms with Crippen molar-refractivity contribution < 1.29 is 12.8 Å². The Morgan fingerprint density at radius 3 is 2.62 bits per heavy atom. The molecule has 2 aromatic rings. The monoisotopic (exact) mass is 328 g/mol. The molecule has 2 rings (SSSR count). The van der Waals surface area contributed by atoms with Gasteiger partial charge in [0.15, 0.2) is 0 Å². The van der Waals surface area contributed by atoms with Crippen molar-refractivity contribution in [2.75, 3.05) is 12.3 Å². The number of anilines is 1. The SMILES string of the molecule is Nc1c(F)cccc1S(=O)(=O)NCCc1cccc(Cl)c1. The van der Waals surface area contributed by atoms with Gasteiger partial charge in [-0.05, 0) is 36.2 Å². The molecule has 2 aromatic carbocycles. The number of nitrogens with two attached hydrogens (primary N) is 1. The lowest BCUT2D eigenvalue weighted by Gasteiger charge is -2.09. The Balaban J connectivity index is 2.07. The summed E-state index contributed by atoms with van der Waals surface area (Å²) in [6, 6.07) is 10.8. The summed E-state index contributed by atoms with van der Waals surface area (Å²) in [5.74, 6) is -0.757. The van der Waals surface area contributed by atoms with Gasteiger partial charge < -0.3 is 5.73 Å². The number of halogens is 2. The van der Waals surface area contributed by atoms with E-state index in [9.17, 15) is 12.8 Å². The lowest BCUT2D eigenvalue weighted by atomic mass is 10.2. The number of benzene rings is 2. The van der Waals surface area contributed by atoms with E-state index in [0.29, 0.717) is 11.4 Å². The lowest BCUT2D eigenvalue weighted by molar-refractivity contribution is 0.579. The number of nitrogens with one attached hydrogen (secondary N) is 1. The summed E-state index contributed by atoms with van der Waals surface area (Å²) in [4.78, 5) is -0.256. The van der Waals surface area contributed by atoms with Crippen molar-refractivity contribution in [2.45, 2.75) is 11.3 Å². The molecule has 0 aliphatic heterocycles. The number of nitrogen functional groups attached to an aromatic ring is 1. The third-order valence-corrected chi connectivity index (χ3v) is 4.65. The molecule has 0 saturated heterocycles. The minimum Gasteiger partial charge on any atom is -0.395 e. The van der Waals surface area contributed by atoms with Crippen molar-refractivity contribution in [2.24, 2.45) is 0 Å². The van der Waals surface area contributed by atoms with Crippen molar-refractivity contribution >= 4 is 27.3 Å². The zero-order chi connectivity index (χ0) is 15.5. The molecule has 112 valence electrons. The van der Waals surface area contributed by atoms with Gasteiger partial charge in [-0.25, -0.2) is 17.5 Å². The van der Waals surface area contributed by atoms with Gasteiger partial charge in [-0.15, -0.1) is 0 Å². The summed E-state index contributed by atoms with van der Waals surface area (Å²) in [7, 11) is -3.84. The van der Waals surface area contributed by atoms with Gasteiger partial charge in [0.1, 0.15) is 10.7 Å². The highest BCUT2D eigenvalue weighted by Gasteiger charge is 2.18. The number of hydrogen-bond acceptors (Lipinski definition) is 3. The highest BCUT2D eigenvalue weighted by atomic mass is 35.5. The fourth-order valence-corrected chi connectivity index (χ4v) is 3.24. The van der Waals surface area contributed by atoms with Crippen molar-refractivity contribution in [3.63, 3.8) is 0 Å². The van der Waals surface area contributed by atoms with Crippen molar-refractivity contribution in [3.8, 4) is 0 Å². The third-order valence-electron chi connectivity index (χ3n) is 2.90. The van der Waals surface area contributed by atoms with E-state index in [1.807, 2.05) is 6.07 Å². The Hall–Kier alpha value is -1.63. The normalized spacial score (nSPS) is 11.5. The van der Waals surface area contributed by atoms with Crippen LogP contribution in [0.1, 0.15) is 5.56 Å². The van der Waals surface area contributed by atoms with Crippen LogP contribution in [0.25, 0.3) is 0 Å². The van der Waals surface area contributed by atoms with Crippen LogP contribution >= 0.6 is 11.6 Å². The van der Waals surface area contributed by atoms with Crippen molar-refractivity contribution in [1.82, 2.24) is 4.72 Å².